The van der Waals surface area contributed by atoms with E-state index in [4.69, 9.17) is 21.7 Å². The van der Waals surface area contributed by atoms with Gasteiger partial charge in [0.25, 0.3) is 5.91 Å². The number of amides is 2. The molecule has 0 atom stereocenters. The van der Waals surface area contributed by atoms with Crippen molar-refractivity contribution in [3.05, 3.63) is 78.4 Å². The highest BCUT2D eigenvalue weighted by molar-refractivity contribution is 7.80. The highest BCUT2D eigenvalue weighted by Gasteiger charge is 2.07. The molecule has 2 rings (SSSR count). The van der Waals surface area contributed by atoms with Gasteiger partial charge < -0.3 is 9.47 Å². The Morgan fingerprint density at radius 1 is 1.10 bits per heavy atom. The smallest absolute Gasteiger partial charge is 0.269 e. The van der Waals surface area contributed by atoms with Gasteiger partial charge in [-0.3, -0.25) is 25.8 Å². The number of hydrogen-bond donors (Lipinski definition) is 3. The Hall–Kier alpha value is -3.65. The summed E-state index contributed by atoms with van der Waals surface area (Å²) in [5.74, 6) is 0.400. The van der Waals surface area contributed by atoms with Crippen LogP contribution in [0.15, 0.2) is 67.3 Å². The molecular formula is C21H21N3O4S. The van der Waals surface area contributed by atoms with Crippen LogP contribution in [0.25, 0.3) is 6.08 Å². The zero-order valence-electron chi connectivity index (χ0n) is 15.8. The molecule has 0 aliphatic rings. The first kappa shape index (κ1) is 21.6. The molecule has 0 aliphatic heterocycles. The molecule has 2 amide bonds. The van der Waals surface area contributed by atoms with Crippen molar-refractivity contribution in [2.45, 2.75) is 0 Å². The van der Waals surface area contributed by atoms with Crippen molar-refractivity contribution in [3.63, 3.8) is 0 Å². The van der Waals surface area contributed by atoms with E-state index < -0.39 is 11.8 Å². The molecule has 0 radical (unpaired) electrons. The van der Waals surface area contributed by atoms with E-state index in [0.29, 0.717) is 23.7 Å². The molecule has 0 fully saturated rings. The topological polar surface area (TPSA) is 88.7 Å². The maximum atomic E-state index is 12.1. The summed E-state index contributed by atoms with van der Waals surface area (Å²) < 4.78 is 10.6. The van der Waals surface area contributed by atoms with Crippen LogP contribution in [-0.4, -0.2) is 30.6 Å². The molecule has 29 heavy (non-hydrogen) atoms. The van der Waals surface area contributed by atoms with Crippen LogP contribution in [-0.2, 0) is 4.79 Å². The first-order valence-electron chi connectivity index (χ1n) is 8.59. The SMILES string of the molecule is C=CCOc1ccc(C(=O)NNC(=S)NC(=O)/C=C/c2ccccc2OC)cc1. The van der Waals surface area contributed by atoms with Crippen LogP contribution < -0.4 is 25.6 Å². The predicted molar refractivity (Wildman–Crippen MR) is 116 cm³/mol. The second-order valence-corrected chi connectivity index (χ2v) is 6.01. The zero-order chi connectivity index (χ0) is 21.1. The highest BCUT2D eigenvalue weighted by atomic mass is 32.1. The fourth-order valence-corrected chi connectivity index (χ4v) is 2.35. The molecule has 0 aromatic heterocycles. The predicted octanol–water partition coefficient (Wildman–Crippen LogP) is 2.61. The molecule has 0 bridgehead atoms. The van der Waals surface area contributed by atoms with Crippen molar-refractivity contribution in [1.82, 2.24) is 16.2 Å². The van der Waals surface area contributed by atoms with Gasteiger partial charge in [-0.15, -0.1) is 0 Å². The third-order valence-electron chi connectivity index (χ3n) is 3.56. The van der Waals surface area contributed by atoms with Crippen molar-refractivity contribution in [2.24, 2.45) is 0 Å². The van der Waals surface area contributed by atoms with E-state index >= 15 is 0 Å². The van der Waals surface area contributed by atoms with Crippen molar-refractivity contribution in [2.75, 3.05) is 13.7 Å². The maximum absolute atomic E-state index is 12.1. The first-order chi connectivity index (χ1) is 14.0. The molecule has 3 N–H and O–H groups in total. The van der Waals surface area contributed by atoms with Gasteiger partial charge in [0.2, 0.25) is 5.91 Å². The second-order valence-electron chi connectivity index (χ2n) is 5.60. The molecule has 0 saturated carbocycles. The van der Waals surface area contributed by atoms with Crippen molar-refractivity contribution >= 4 is 35.2 Å². The lowest BCUT2D eigenvalue weighted by Crippen LogP contribution is -2.48. The third-order valence-corrected chi connectivity index (χ3v) is 3.77. The van der Waals surface area contributed by atoms with Crippen molar-refractivity contribution in [1.29, 1.82) is 0 Å². The van der Waals surface area contributed by atoms with E-state index in [0.717, 1.165) is 5.56 Å². The van der Waals surface area contributed by atoms with E-state index in [9.17, 15) is 9.59 Å². The summed E-state index contributed by atoms with van der Waals surface area (Å²) in [5.41, 5.74) is 6.04. The number of rotatable bonds is 7. The minimum atomic E-state index is -0.452. The average Bonchev–Trinajstić information content (AvgIpc) is 2.75. The van der Waals surface area contributed by atoms with Crippen LogP contribution in [0, 0.1) is 0 Å². The number of thiocarbonyl (C=S) groups is 1. The Balaban J connectivity index is 1.81. The molecular weight excluding hydrogens is 390 g/mol. The van der Waals surface area contributed by atoms with Gasteiger partial charge in [0.05, 0.1) is 7.11 Å². The van der Waals surface area contributed by atoms with E-state index in [1.54, 1.807) is 49.6 Å². The lowest BCUT2D eigenvalue weighted by atomic mass is 10.2. The van der Waals surface area contributed by atoms with Gasteiger partial charge in [0, 0.05) is 17.2 Å². The van der Waals surface area contributed by atoms with Crippen LogP contribution in [0.5, 0.6) is 11.5 Å². The normalized spacial score (nSPS) is 10.1. The first-order valence-corrected chi connectivity index (χ1v) is 9.00. The van der Waals surface area contributed by atoms with Crippen LogP contribution in [0.1, 0.15) is 15.9 Å². The number of nitrogens with one attached hydrogen (secondary N) is 3. The summed E-state index contributed by atoms with van der Waals surface area (Å²) in [5, 5.41) is 2.39. The standard InChI is InChI=1S/C21H21N3O4S/c1-3-14-28-17-11-8-16(9-12-17)20(26)23-24-21(29)22-19(25)13-10-15-6-4-5-7-18(15)27-2/h3-13H,1,14H2,2H3,(H,23,26)(H2,22,24,25,29)/b13-10+. The van der Waals surface area contributed by atoms with Crippen LogP contribution in [0.4, 0.5) is 0 Å². The minimum absolute atomic E-state index is 0.0426. The summed E-state index contributed by atoms with van der Waals surface area (Å²) in [7, 11) is 1.55. The Bertz CT molecular complexity index is 910. The molecule has 7 nitrogen and oxygen atoms in total. The monoisotopic (exact) mass is 411 g/mol. The highest BCUT2D eigenvalue weighted by Crippen LogP contribution is 2.18. The largest absolute Gasteiger partial charge is 0.496 e. The van der Waals surface area contributed by atoms with Gasteiger partial charge in [0.1, 0.15) is 18.1 Å². The van der Waals surface area contributed by atoms with E-state index in [2.05, 4.69) is 22.7 Å². The Morgan fingerprint density at radius 3 is 2.52 bits per heavy atom. The molecule has 0 spiro atoms. The lowest BCUT2D eigenvalue weighted by molar-refractivity contribution is -0.115. The van der Waals surface area contributed by atoms with Crippen LogP contribution in [0.3, 0.4) is 0 Å². The number of carbonyl (C=O) groups excluding carboxylic acids is 2. The minimum Gasteiger partial charge on any atom is -0.496 e. The molecule has 0 unspecified atom stereocenters. The van der Waals surface area contributed by atoms with Crippen molar-refractivity contribution < 1.29 is 19.1 Å². The van der Waals surface area contributed by atoms with E-state index in [1.165, 1.54) is 6.08 Å². The van der Waals surface area contributed by atoms with E-state index in [-0.39, 0.29) is 5.11 Å². The van der Waals surface area contributed by atoms with Crippen LogP contribution in [0.2, 0.25) is 0 Å². The molecule has 0 saturated heterocycles. The van der Waals surface area contributed by atoms with Gasteiger partial charge >= 0.3 is 0 Å². The van der Waals surface area contributed by atoms with Gasteiger partial charge in [0.15, 0.2) is 5.11 Å². The summed E-state index contributed by atoms with van der Waals surface area (Å²) in [6.45, 7) is 3.95. The van der Waals surface area contributed by atoms with Gasteiger partial charge in [-0.2, -0.15) is 0 Å². The zero-order valence-corrected chi connectivity index (χ0v) is 16.6. The molecule has 8 heteroatoms. The summed E-state index contributed by atoms with van der Waals surface area (Å²) in [4.78, 5) is 24.1. The summed E-state index contributed by atoms with van der Waals surface area (Å²) >= 11 is 5.00. The van der Waals surface area contributed by atoms with Crippen LogP contribution >= 0.6 is 12.2 Å². The fourth-order valence-electron chi connectivity index (χ4n) is 2.20. The second kappa shape index (κ2) is 11.3. The molecule has 150 valence electrons. The Labute approximate surface area is 174 Å². The van der Waals surface area contributed by atoms with Crippen molar-refractivity contribution in [3.8, 4) is 11.5 Å². The number of carbonyl (C=O) groups is 2. The maximum Gasteiger partial charge on any atom is 0.269 e. The summed E-state index contributed by atoms with van der Waals surface area (Å²) in [6.07, 6.45) is 4.55. The summed E-state index contributed by atoms with van der Waals surface area (Å²) in [6, 6.07) is 13.8. The van der Waals surface area contributed by atoms with E-state index in [1.807, 2.05) is 18.2 Å². The quantitative estimate of drug-likeness (QED) is 0.281. The molecule has 0 heterocycles. The number of hydrogen-bond acceptors (Lipinski definition) is 5. The van der Waals surface area contributed by atoms with Gasteiger partial charge in [-0.25, -0.2) is 0 Å². The molecule has 2 aromatic carbocycles. The molecule has 0 aliphatic carbocycles. The lowest BCUT2D eigenvalue weighted by Gasteiger charge is -2.10. The Morgan fingerprint density at radius 2 is 1.83 bits per heavy atom. The number of benzene rings is 2. The number of methoxy groups -OCH3 is 1. The third kappa shape index (κ3) is 7.11. The Kier molecular flexibility index (Phi) is 8.40. The number of ether oxygens (including phenoxy) is 2. The molecule has 2 aromatic rings. The average molecular weight is 411 g/mol. The van der Waals surface area contributed by atoms with Gasteiger partial charge in [-0.1, -0.05) is 30.9 Å². The number of hydrazine groups is 1. The van der Waals surface area contributed by atoms with Gasteiger partial charge in [-0.05, 0) is 48.6 Å². The number of para-hydroxylation sites is 1. The fraction of sp³-hybridized carbons (Fsp3) is 0.0952.